The highest BCUT2D eigenvalue weighted by atomic mass is 16.5. The van der Waals surface area contributed by atoms with Gasteiger partial charge < -0.3 is 39.9 Å². The molecule has 15 nitrogen and oxygen atoms in total. The topological polar surface area (TPSA) is 192 Å². The maximum absolute atomic E-state index is 14.3. The molecule has 15 heteroatoms. The summed E-state index contributed by atoms with van der Waals surface area (Å²) in [6.07, 6.45) is 20.7. The molecule has 4 heterocycles. The largest absolute Gasteiger partial charge is 0.453 e. The van der Waals surface area contributed by atoms with Gasteiger partial charge in [0.1, 0.15) is 23.7 Å². The number of amides is 4. The van der Waals surface area contributed by atoms with Gasteiger partial charge in [0.05, 0.1) is 49.1 Å². The molecule has 4 N–H and O–H groups in total. The quantitative estimate of drug-likeness (QED) is 0.0997. The average molecular weight is 991 g/mol. The SMILES string of the molecule is COC(=O)NC(C(=O)N1CCCC1c1ncc(-c2ccc(-c3ccc(-c4ccc5nc(C6CCCN6C(=O)C(NC(=O)OC)C6CCCCC6)[nH]c(=O)c5c4)c4c3CC3(CCCC3)C4)cc2)[nH]1)C1CCCCC1. The van der Waals surface area contributed by atoms with Gasteiger partial charge in [-0.1, -0.05) is 93.8 Å². The van der Waals surface area contributed by atoms with E-state index in [1.807, 2.05) is 23.2 Å². The lowest BCUT2D eigenvalue weighted by Crippen LogP contribution is -2.52. The number of ether oxygens (including phenoxy) is 2. The van der Waals surface area contributed by atoms with Crippen LogP contribution in [0.3, 0.4) is 0 Å². The Morgan fingerprint density at radius 1 is 0.616 bits per heavy atom. The van der Waals surface area contributed by atoms with Crippen molar-refractivity contribution in [2.24, 2.45) is 17.3 Å². The van der Waals surface area contributed by atoms with Crippen molar-refractivity contribution in [2.45, 2.75) is 153 Å². The number of fused-ring (bicyclic) bond motifs is 2. The van der Waals surface area contributed by atoms with E-state index >= 15 is 0 Å². The van der Waals surface area contributed by atoms with Gasteiger partial charge in [0.2, 0.25) is 11.8 Å². The van der Waals surface area contributed by atoms with Crippen LogP contribution in [0, 0.1) is 17.3 Å². The average Bonchev–Trinajstić information content (AvgIpc) is 4.31. The third-order valence-electron chi connectivity index (χ3n) is 17.7. The molecule has 0 radical (unpaired) electrons. The van der Waals surface area contributed by atoms with Gasteiger partial charge in [0.15, 0.2) is 0 Å². The Morgan fingerprint density at radius 3 is 1.70 bits per heavy atom. The van der Waals surface area contributed by atoms with Crippen molar-refractivity contribution in [2.75, 3.05) is 27.3 Å². The first-order valence-corrected chi connectivity index (χ1v) is 27.2. The van der Waals surface area contributed by atoms with Gasteiger partial charge in [0.25, 0.3) is 5.56 Å². The number of rotatable bonds is 11. The molecule has 2 aromatic heterocycles. The molecule has 2 saturated heterocycles. The van der Waals surface area contributed by atoms with E-state index in [2.05, 4.69) is 63.1 Å². The van der Waals surface area contributed by atoms with Crippen LogP contribution in [-0.2, 0) is 31.9 Å². The lowest BCUT2D eigenvalue weighted by molar-refractivity contribution is -0.137. The Labute approximate surface area is 427 Å². The number of imidazole rings is 1. The summed E-state index contributed by atoms with van der Waals surface area (Å²) in [4.78, 5) is 87.7. The molecule has 6 aliphatic rings. The van der Waals surface area contributed by atoms with Crippen LogP contribution < -0.4 is 16.2 Å². The molecule has 1 spiro atoms. The fraction of sp³-hybridized carbons (Fsp3) is 0.534. The van der Waals surface area contributed by atoms with E-state index < -0.39 is 30.3 Å². The maximum atomic E-state index is 14.3. The number of aromatic nitrogens is 4. The van der Waals surface area contributed by atoms with Crippen molar-refractivity contribution < 1.29 is 28.7 Å². The number of benzene rings is 3. The van der Waals surface area contributed by atoms with E-state index in [-0.39, 0.29) is 40.7 Å². The van der Waals surface area contributed by atoms with E-state index in [0.717, 1.165) is 130 Å². The van der Waals surface area contributed by atoms with Crippen LogP contribution in [0.25, 0.3) is 44.4 Å². The molecular weight excluding hydrogens is 921 g/mol. The summed E-state index contributed by atoms with van der Waals surface area (Å²) in [5.74, 6) is 1.16. The molecule has 5 aromatic rings. The smallest absolute Gasteiger partial charge is 0.407 e. The minimum atomic E-state index is -0.686. The zero-order valence-electron chi connectivity index (χ0n) is 42.4. The summed E-state index contributed by atoms with van der Waals surface area (Å²) in [5, 5.41) is 6.27. The van der Waals surface area contributed by atoms with Crippen LogP contribution >= 0.6 is 0 Å². The number of hydrogen-bond acceptors (Lipinski definition) is 9. The Balaban J connectivity index is 0.837. The van der Waals surface area contributed by atoms with Gasteiger partial charge in [-0.2, -0.15) is 0 Å². The van der Waals surface area contributed by atoms with Crippen molar-refractivity contribution in [3.05, 3.63) is 93.9 Å². The van der Waals surface area contributed by atoms with Gasteiger partial charge in [-0.15, -0.1) is 0 Å². The Kier molecular flexibility index (Phi) is 13.9. The second kappa shape index (κ2) is 20.8. The molecule has 3 aromatic carbocycles. The Hall–Kier alpha value is -6.51. The van der Waals surface area contributed by atoms with E-state index in [9.17, 15) is 24.0 Å². The first-order chi connectivity index (χ1) is 35.6. The molecule has 4 amide bonds. The third kappa shape index (κ3) is 9.64. The molecule has 4 unspecified atom stereocenters. The fourth-order valence-corrected chi connectivity index (χ4v) is 13.9. The van der Waals surface area contributed by atoms with Gasteiger partial charge in [-0.3, -0.25) is 14.4 Å². The van der Waals surface area contributed by atoms with Crippen molar-refractivity contribution in [1.82, 2.24) is 40.4 Å². The van der Waals surface area contributed by atoms with Crippen LogP contribution in [0.2, 0.25) is 0 Å². The number of nitrogens with one attached hydrogen (secondary N) is 4. The van der Waals surface area contributed by atoms with Gasteiger partial charge in [-0.05, 0) is 145 Å². The van der Waals surface area contributed by atoms with E-state index in [1.165, 1.54) is 56.6 Å². The van der Waals surface area contributed by atoms with Crippen LogP contribution in [0.15, 0.2) is 65.6 Å². The number of nitrogens with zero attached hydrogens (tertiary/aromatic N) is 4. The van der Waals surface area contributed by atoms with Crippen LogP contribution in [-0.4, -0.2) is 93.1 Å². The fourth-order valence-electron chi connectivity index (χ4n) is 13.9. The molecular formula is C58H70N8O7. The molecule has 2 aliphatic heterocycles. The predicted molar refractivity (Wildman–Crippen MR) is 278 cm³/mol. The molecule has 4 aliphatic carbocycles. The van der Waals surface area contributed by atoms with E-state index in [0.29, 0.717) is 36.2 Å². The number of alkyl carbamates (subject to hydrolysis) is 2. The molecule has 3 saturated carbocycles. The highest BCUT2D eigenvalue weighted by Gasteiger charge is 2.44. The summed E-state index contributed by atoms with van der Waals surface area (Å²) < 4.78 is 9.88. The first-order valence-electron chi connectivity index (χ1n) is 27.2. The van der Waals surface area contributed by atoms with Gasteiger partial charge in [-0.25, -0.2) is 19.6 Å². The third-order valence-corrected chi connectivity index (χ3v) is 17.7. The standard InChI is InChI=1S/C58H70N8O7/c1-72-56(70)62-49(37-13-5-3-6-14-37)54(68)65-29-11-17-47(65)51-59-34-46(61-51)36-21-19-35(20-22-36)40-24-25-41(44-33-58(32-43(40)44)27-9-10-28-58)39-23-26-45-42(31-39)53(67)64-52(60-45)48-18-12-30-66(48)55(69)50(63-57(71)73-2)38-15-7-4-8-16-38/h19-26,31,34,37-38,47-50H,3-18,27-30,32-33H2,1-2H3,(H,59,61)(H,62,70)(H,63,71)(H,60,64,67). The highest BCUT2D eigenvalue weighted by molar-refractivity contribution is 5.89. The predicted octanol–water partition coefficient (Wildman–Crippen LogP) is 10.2. The summed E-state index contributed by atoms with van der Waals surface area (Å²) in [5.41, 5.74) is 9.77. The Morgan fingerprint density at radius 2 is 1.14 bits per heavy atom. The van der Waals surface area contributed by atoms with Crippen molar-refractivity contribution in [3.63, 3.8) is 0 Å². The molecule has 11 rings (SSSR count). The lowest BCUT2D eigenvalue weighted by Gasteiger charge is -2.34. The zero-order chi connectivity index (χ0) is 50.2. The number of aromatic amines is 2. The summed E-state index contributed by atoms with van der Waals surface area (Å²) in [7, 11) is 2.66. The lowest BCUT2D eigenvalue weighted by atomic mass is 9.82. The molecule has 384 valence electrons. The van der Waals surface area contributed by atoms with E-state index in [4.69, 9.17) is 19.4 Å². The maximum Gasteiger partial charge on any atom is 0.407 e. The number of hydrogen-bond donors (Lipinski definition) is 4. The number of likely N-dealkylation sites (tertiary alicyclic amines) is 2. The minimum Gasteiger partial charge on any atom is -0.453 e. The number of carbonyl (C=O) groups excluding carboxylic acids is 4. The first kappa shape index (κ1) is 48.7. The van der Waals surface area contributed by atoms with Crippen molar-refractivity contribution in [1.29, 1.82) is 0 Å². The summed E-state index contributed by atoms with van der Waals surface area (Å²) in [6, 6.07) is 17.3. The Bertz CT molecular complexity index is 2930. The number of H-pyrrole nitrogens is 2. The molecule has 0 bridgehead atoms. The van der Waals surface area contributed by atoms with Crippen LogP contribution in [0.4, 0.5) is 9.59 Å². The molecule has 73 heavy (non-hydrogen) atoms. The van der Waals surface area contributed by atoms with Crippen LogP contribution in [0.1, 0.15) is 150 Å². The van der Waals surface area contributed by atoms with E-state index in [1.54, 1.807) is 4.90 Å². The normalized spacial score (nSPS) is 21.8. The molecule has 4 atom stereocenters. The minimum absolute atomic E-state index is 0.0330. The highest BCUT2D eigenvalue weighted by Crippen LogP contribution is 2.53. The van der Waals surface area contributed by atoms with Gasteiger partial charge in [0, 0.05) is 13.1 Å². The molecule has 5 fully saturated rings. The summed E-state index contributed by atoms with van der Waals surface area (Å²) >= 11 is 0. The summed E-state index contributed by atoms with van der Waals surface area (Å²) in [6.45, 7) is 1.14. The van der Waals surface area contributed by atoms with Crippen molar-refractivity contribution in [3.8, 4) is 33.5 Å². The van der Waals surface area contributed by atoms with Crippen molar-refractivity contribution >= 4 is 34.9 Å². The number of methoxy groups -OCH3 is 2. The second-order valence-electron chi connectivity index (χ2n) is 22.0. The van der Waals surface area contributed by atoms with Gasteiger partial charge >= 0.3 is 12.2 Å². The zero-order valence-corrected chi connectivity index (χ0v) is 42.4. The second-order valence-corrected chi connectivity index (χ2v) is 22.0. The van der Waals surface area contributed by atoms with Crippen LogP contribution in [0.5, 0.6) is 0 Å². The number of carbonyl (C=O) groups is 4. The monoisotopic (exact) mass is 991 g/mol.